The number of aromatic nitrogens is 2. The normalized spacial score (nSPS) is 19.3. The molecule has 0 bridgehead atoms. The van der Waals surface area contributed by atoms with E-state index in [1.807, 2.05) is 6.08 Å². The predicted octanol–water partition coefficient (Wildman–Crippen LogP) is 8.35. The van der Waals surface area contributed by atoms with Crippen molar-refractivity contribution in [3.8, 4) is 11.4 Å². The van der Waals surface area contributed by atoms with Gasteiger partial charge in [-0.2, -0.15) is 4.98 Å². The summed E-state index contributed by atoms with van der Waals surface area (Å²) in [6, 6.07) is 4.31. The highest BCUT2D eigenvalue weighted by Crippen LogP contribution is 2.44. The zero-order valence-corrected chi connectivity index (χ0v) is 20.9. The Morgan fingerprint density at radius 2 is 1.91 bits per heavy atom. The van der Waals surface area contributed by atoms with Crippen LogP contribution in [0.5, 0.6) is 0 Å². The fourth-order valence-corrected chi connectivity index (χ4v) is 4.58. The lowest BCUT2D eigenvalue weighted by Gasteiger charge is -2.33. The summed E-state index contributed by atoms with van der Waals surface area (Å²) in [4.78, 5) is 4.88. The van der Waals surface area contributed by atoms with Crippen molar-refractivity contribution in [1.82, 2.24) is 10.1 Å². The standard InChI is InChI=1S/C29H38N2O/c1-9-12-24-20(5)16-23(17-21(24)6)27-30-28(32-31-27)26(15-19(4)10-2)25-13-14-29(7,8)18-22(25)11-3/h9,11,15-17H,1,10,12-14,18H2,2-8H3. The maximum Gasteiger partial charge on any atom is 0.258 e. The van der Waals surface area contributed by atoms with Crippen molar-refractivity contribution in [2.24, 2.45) is 5.41 Å². The molecule has 0 unspecified atom stereocenters. The molecule has 0 N–H and O–H groups in total. The van der Waals surface area contributed by atoms with Gasteiger partial charge in [0.25, 0.3) is 5.89 Å². The van der Waals surface area contributed by atoms with E-state index in [1.54, 1.807) is 0 Å². The van der Waals surface area contributed by atoms with Crippen LogP contribution in [0.15, 0.2) is 58.2 Å². The second kappa shape index (κ2) is 9.85. The highest BCUT2D eigenvalue weighted by Gasteiger charge is 2.29. The summed E-state index contributed by atoms with van der Waals surface area (Å²) in [5.74, 6) is 1.27. The van der Waals surface area contributed by atoms with E-state index in [9.17, 15) is 0 Å². The molecule has 1 aromatic heterocycles. The first-order chi connectivity index (χ1) is 15.2. The smallest absolute Gasteiger partial charge is 0.258 e. The molecule has 1 aliphatic carbocycles. The van der Waals surface area contributed by atoms with E-state index in [4.69, 9.17) is 9.51 Å². The molecule has 2 aromatic rings. The number of nitrogens with zero attached hydrogens (tertiary/aromatic N) is 2. The molecule has 3 nitrogen and oxygen atoms in total. The van der Waals surface area contributed by atoms with Crippen LogP contribution in [0, 0.1) is 19.3 Å². The van der Waals surface area contributed by atoms with Gasteiger partial charge in [-0.3, -0.25) is 0 Å². The van der Waals surface area contributed by atoms with Gasteiger partial charge in [0.2, 0.25) is 5.82 Å². The van der Waals surface area contributed by atoms with E-state index in [0.29, 0.717) is 17.1 Å². The second-order valence-electron chi connectivity index (χ2n) is 9.90. The molecule has 0 atom stereocenters. The van der Waals surface area contributed by atoms with Crippen LogP contribution in [0.2, 0.25) is 0 Å². The molecule has 0 radical (unpaired) electrons. The Kier molecular flexibility index (Phi) is 7.38. The molecule has 1 aliphatic rings. The Morgan fingerprint density at radius 1 is 1.22 bits per heavy atom. The van der Waals surface area contributed by atoms with Crippen LogP contribution < -0.4 is 0 Å². The molecule has 1 heterocycles. The van der Waals surface area contributed by atoms with Crippen LogP contribution in [0.25, 0.3) is 17.0 Å². The number of rotatable bonds is 6. The van der Waals surface area contributed by atoms with Gasteiger partial charge in [0.05, 0.1) is 0 Å². The monoisotopic (exact) mass is 430 g/mol. The lowest BCUT2D eigenvalue weighted by atomic mass is 9.71. The first-order valence-electron chi connectivity index (χ1n) is 11.8. The van der Waals surface area contributed by atoms with E-state index >= 15 is 0 Å². The third-order valence-corrected chi connectivity index (χ3v) is 6.69. The third kappa shape index (κ3) is 5.20. The lowest BCUT2D eigenvalue weighted by molar-refractivity contribution is 0.313. The largest absolute Gasteiger partial charge is 0.334 e. The van der Waals surface area contributed by atoms with Gasteiger partial charge in [-0.25, -0.2) is 0 Å². The molecular weight excluding hydrogens is 392 g/mol. The highest BCUT2D eigenvalue weighted by molar-refractivity contribution is 5.77. The molecule has 1 fully saturated rings. The molecule has 3 heteroatoms. The summed E-state index contributed by atoms with van der Waals surface area (Å²) in [6.07, 6.45) is 11.6. The van der Waals surface area contributed by atoms with Crippen molar-refractivity contribution < 1.29 is 4.52 Å². The average Bonchev–Trinajstić information content (AvgIpc) is 3.24. The summed E-state index contributed by atoms with van der Waals surface area (Å²) >= 11 is 0. The number of allylic oxidation sites excluding steroid dienone is 7. The fraction of sp³-hybridized carbons (Fsp3) is 0.448. The first kappa shape index (κ1) is 24.0. The summed E-state index contributed by atoms with van der Waals surface area (Å²) in [5.41, 5.74) is 10.3. The van der Waals surface area contributed by atoms with E-state index in [2.05, 4.69) is 84.5 Å². The lowest BCUT2D eigenvalue weighted by Crippen LogP contribution is -2.19. The molecule has 1 aromatic carbocycles. The quantitative estimate of drug-likeness (QED) is 0.432. The number of benzene rings is 1. The third-order valence-electron chi connectivity index (χ3n) is 6.69. The van der Waals surface area contributed by atoms with Crippen molar-refractivity contribution in [1.29, 1.82) is 0 Å². The predicted molar refractivity (Wildman–Crippen MR) is 135 cm³/mol. The van der Waals surface area contributed by atoms with E-state index in [1.165, 1.54) is 33.4 Å². The van der Waals surface area contributed by atoms with E-state index in [0.717, 1.165) is 43.2 Å². The highest BCUT2D eigenvalue weighted by atomic mass is 16.5. The number of hydrogen-bond acceptors (Lipinski definition) is 3. The Hall–Kier alpha value is -2.68. The second-order valence-corrected chi connectivity index (χ2v) is 9.90. The van der Waals surface area contributed by atoms with E-state index < -0.39 is 0 Å². The number of hydrogen-bond donors (Lipinski definition) is 0. The van der Waals surface area contributed by atoms with Crippen LogP contribution in [0.3, 0.4) is 0 Å². The van der Waals surface area contributed by atoms with Crippen molar-refractivity contribution >= 4 is 5.57 Å². The Morgan fingerprint density at radius 3 is 2.50 bits per heavy atom. The van der Waals surface area contributed by atoms with Crippen LogP contribution in [-0.2, 0) is 6.42 Å². The van der Waals surface area contributed by atoms with Crippen LogP contribution in [0.1, 0.15) is 82.9 Å². The molecule has 32 heavy (non-hydrogen) atoms. The SMILES string of the molecule is C=CCc1c(C)cc(-c2noc(C(C=C(C)CC)=C3CCC(C)(C)CC3=CC)n2)cc1C. The molecule has 170 valence electrons. The molecule has 0 amide bonds. The minimum Gasteiger partial charge on any atom is -0.334 e. The van der Waals surface area contributed by atoms with Gasteiger partial charge in [0.15, 0.2) is 0 Å². The molecule has 0 saturated heterocycles. The van der Waals surface area contributed by atoms with Gasteiger partial charge in [0, 0.05) is 11.1 Å². The minimum absolute atomic E-state index is 0.322. The summed E-state index contributed by atoms with van der Waals surface area (Å²) in [6.45, 7) is 19.4. The zero-order valence-electron chi connectivity index (χ0n) is 20.9. The molecule has 1 saturated carbocycles. The van der Waals surface area contributed by atoms with Gasteiger partial charge >= 0.3 is 0 Å². The fourth-order valence-electron chi connectivity index (χ4n) is 4.58. The van der Waals surface area contributed by atoms with Gasteiger partial charge in [-0.1, -0.05) is 49.7 Å². The summed E-state index contributed by atoms with van der Waals surface area (Å²) < 4.78 is 5.88. The minimum atomic E-state index is 0.322. The van der Waals surface area contributed by atoms with Crippen LogP contribution in [-0.4, -0.2) is 10.1 Å². The summed E-state index contributed by atoms with van der Waals surface area (Å²) in [7, 11) is 0. The first-order valence-corrected chi connectivity index (χ1v) is 11.8. The van der Waals surface area contributed by atoms with Crippen molar-refractivity contribution in [2.75, 3.05) is 0 Å². The van der Waals surface area contributed by atoms with Crippen molar-refractivity contribution in [3.63, 3.8) is 0 Å². The molecule has 0 aliphatic heterocycles. The number of aryl methyl sites for hydroxylation is 2. The Balaban J connectivity index is 2.09. The van der Waals surface area contributed by atoms with Gasteiger partial charge in [0.1, 0.15) is 0 Å². The van der Waals surface area contributed by atoms with Crippen molar-refractivity contribution in [2.45, 2.75) is 80.6 Å². The van der Waals surface area contributed by atoms with Crippen molar-refractivity contribution in [3.05, 3.63) is 76.2 Å². The van der Waals surface area contributed by atoms with Crippen LogP contribution in [0.4, 0.5) is 0 Å². The molecule has 3 rings (SSSR count). The Labute approximate surface area is 194 Å². The average molecular weight is 431 g/mol. The molecular formula is C29H38N2O. The Bertz CT molecular complexity index is 1070. The van der Waals surface area contributed by atoms with Gasteiger partial charge in [-0.15, -0.1) is 6.58 Å². The zero-order chi connectivity index (χ0) is 23.5. The topological polar surface area (TPSA) is 38.9 Å². The van der Waals surface area contributed by atoms with Crippen LogP contribution >= 0.6 is 0 Å². The maximum absolute atomic E-state index is 5.88. The molecule has 0 spiro atoms. The maximum atomic E-state index is 5.88. The van der Waals surface area contributed by atoms with Gasteiger partial charge in [-0.05, 0) is 105 Å². The van der Waals surface area contributed by atoms with E-state index in [-0.39, 0.29) is 0 Å². The summed E-state index contributed by atoms with van der Waals surface area (Å²) in [5, 5.41) is 4.38. The van der Waals surface area contributed by atoms with Gasteiger partial charge < -0.3 is 4.52 Å².